The van der Waals surface area contributed by atoms with Gasteiger partial charge in [0.1, 0.15) is 0 Å². The summed E-state index contributed by atoms with van der Waals surface area (Å²) >= 11 is 0. The minimum absolute atomic E-state index is 0.136. The first-order chi connectivity index (χ1) is 8.43. The van der Waals surface area contributed by atoms with Gasteiger partial charge in [-0.05, 0) is 25.7 Å². The molecule has 1 saturated carbocycles. The molecule has 1 fully saturated rings. The first-order valence-corrected chi connectivity index (χ1v) is 6.96. The van der Waals surface area contributed by atoms with Crippen molar-refractivity contribution in [1.29, 1.82) is 0 Å². The Morgan fingerprint density at radius 3 is 2.11 bits per heavy atom. The monoisotopic (exact) mass is 255 g/mol. The van der Waals surface area contributed by atoms with Crippen LogP contribution in [0.3, 0.4) is 0 Å². The summed E-state index contributed by atoms with van der Waals surface area (Å²) in [4.78, 5) is 22.8. The molecule has 1 aliphatic carbocycles. The average molecular weight is 255 g/mol. The number of amides is 1. The topological polar surface area (TPSA) is 66.4 Å². The molecule has 4 nitrogen and oxygen atoms in total. The Balaban J connectivity index is 2.45. The number of rotatable bonds is 5. The molecular formula is C14H25NO3. The van der Waals surface area contributed by atoms with Gasteiger partial charge in [-0.3, -0.25) is 9.59 Å². The van der Waals surface area contributed by atoms with E-state index in [-0.39, 0.29) is 11.9 Å². The van der Waals surface area contributed by atoms with Crippen LogP contribution >= 0.6 is 0 Å². The molecule has 0 radical (unpaired) electrons. The highest BCUT2D eigenvalue weighted by atomic mass is 16.4. The van der Waals surface area contributed by atoms with Crippen LogP contribution in [0.4, 0.5) is 0 Å². The molecule has 0 aromatic rings. The summed E-state index contributed by atoms with van der Waals surface area (Å²) in [5.74, 6) is -1.61. The normalized spacial score (nSPS) is 21.9. The lowest BCUT2D eigenvalue weighted by Gasteiger charge is -2.29. The smallest absolute Gasteiger partial charge is 0.307 e. The molecule has 1 rings (SSSR count). The van der Waals surface area contributed by atoms with Crippen LogP contribution in [0.5, 0.6) is 0 Å². The maximum atomic E-state index is 12.0. The highest BCUT2D eigenvalue weighted by molar-refractivity contribution is 5.84. The third-order valence-electron chi connectivity index (χ3n) is 4.28. The number of carbonyl (C=O) groups excluding carboxylic acids is 1. The highest BCUT2D eigenvalue weighted by Gasteiger charge is 2.28. The van der Waals surface area contributed by atoms with Crippen molar-refractivity contribution in [2.24, 2.45) is 17.8 Å². The van der Waals surface area contributed by atoms with Crippen LogP contribution in [-0.4, -0.2) is 23.0 Å². The van der Waals surface area contributed by atoms with Crippen LogP contribution in [0, 0.1) is 17.8 Å². The van der Waals surface area contributed by atoms with Crippen molar-refractivity contribution in [1.82, 2.24) is 5.32 Å². The number of hydrogen-bond donors (Lipinski definition) is 2. The molecule has 104 valence electrons. The summed E-state index contributed by atoms with van der Waals surface area (Å²) in [7, 11) is 0. The van der Waals surface area contributed by atoms with Gasteiger partial charge in [0.15, 0.2) is 0 Å². The molecule has 0 bridgehead atoms. The molecule has 0 heterocycles. The summed E-state index contributed by atoms with van der Waals surface area (Å²) in [5.41, 5.74) is 0. The Kier molecular flexibility index (Phi) is 5.63. The summed E-state index contributed by atoms with van der Waals surface area (Å²) in [6, 6.07) is 0.154. The van der Waals surface area contributed by atoms with Crippen molar-refractivity contribution in [3.8, 4) is 0 Å². The second-order valence-electron chi connectivity index (χ2n) is 5.61. The molecule has 4 heteroatoms. The van der Waals surface area contributed by atoms with Crippen molar-refractivity contribution < 1.29 is 14.7 Å². The van der Waals surface area contributed by atoms with Gasteiger partial charge in [-0.1, -0.05) is 33.1 Å². The number of aliphatic carboxylic acids is 1. The van der Waals surface area contributed by atoms with E-state index in [1.54, 1.807) is 13.8 Å². The van der Waals surface area contributed by atoms with Crippen LogP contribution < -0.4 is 5.32 Å². The Morgan fingerprint density at radius 2 is 1.61 bits per heavy atom. The third kappa shape index (κ3) is 4.00. The maximum Gasteiger partial charge on any atom is 0.307 e. The molecule has 0 aromatic heterocycles. The molecule has 1 aliphatic rings. The Morgan fingerprint density at radius 1 is 1.06 bits per heavy atom. The van der Waals surface area contributed by atoms with Crippen LogP contribution in [0.15, 0.2) is 0 Å². The molecule has 2 unspecified atom stereocenters. The lowest BCUT2D eigenvalue weighted by atomic mass is 9.84. The average Bonchev–Trinajstić information content (AvgIpc) is 2.37. The first kappa shape index (κ1) is 15.0. The zero-order chi connectivity index (χ0) is 13.7. The lowest BCUT2D eigenvalue weighted by Crippen LogP contribution is -2.43. The quantitative estimate of drug-likeness (QED) is 0.793. The molecule has 2 N–H and O–H groups in total. The van der Waals surface area contributed by atoms with Crippen molar-refractivity contribution in [3.63, 3.8) is 0 Å². The van der Waals surface area contributed by atoms with E-state index < -0.39 is 17.8 Å². The SMILES string of the molecule is CC(C(=O)O)C(C)C(=O)N[C@@H](C)C1CCCCC1. The number of carboxylic acids is 1. The van der Waals surface area contributed by atoms with Gasteiger partial charge < -0.3 is 10.4 Å². The lowest BCUT2D eigenvalue weighted by molar-refractivity contribution is -0.146. The molecular weight excluding hydrogens is 230 g/mol. The van der Waals surface area contributed by atoms with Gasteiger partial charge in [0, 0.05) is 12.0 Å². The van der Waals surface area contributed by atoms with Crippen LogP contribution in [0.1, 0.15) is 52.9 Å². The number of hydrogen-bond acceptors (Lipinski definition) is 2. The largest absolute Gasteiger partial charge is 0.481 e. The van der Waals surface area contributed by atoms with Crippen LogP contribution in [0.2, 0.25) is 0 Å². The summed E-state index contributed by atoms with van der Waals surface area (Å²) in [6.45, 7) is 5.30. The minimum atomic E-state index is -0.914. The van der Waals surface area contributed by atoms with Gasteiger partial charge in [-0.25, -0.2) is 0 Å². The predicted molar refractivity (Wildman–Crippen MR) is 70.1 cm³/mol. The van der Waals surface area contributed by atoms with E-state index in [0.29, 0.717) is 5.92 Å². The van der Waals surface area contributed by atoms with E-state index in [9.17, 15) is 9.59 Å². The van der Waals surface area contributed by atoms with Gasteiger partial charge >= 0.3 is 5.97 Å². The van der Waals surface area contributed by atoms with Crippen molar-refractivity contribution in [2.75, 3.05) is 0 Å². The van der Waals surface area contributed by atoms with E-state index in [1.165, 1.54) is 32.1 Å². The molecule has 18 heavy (non-hydrogen) atoms. The number of nitrogens with one attached hydrogen (secondary N) is 1. The molecule has 0 aliphatic heterocycles. The third-order valence-corrected chi connectivity index (χ3v) is 4.28. The van der Waals surface area contributed by atoms with Gasteiger partial charge in [0.25, 0.3) is 0 Å². The fourth-order valence-electron chi connectivity index (χ4n) is 2.55. The van der Waals surface area contributed by atoms with E-state index in [2.05, 4.69) is 5.32 Å². The Bertz CT molecular complexity index is 297. The number of carbonyl (C=O) groups is 2. The van der Waals surface area contributed by atoms with E-state index in [1.807, 2.05) is 6.92 Å². The van der Waals surface area contributed by atoms with Crippen molar-refractivity contribution in [2.45, 2.75) is 58.9 Å². The summed E-state index contributed by atoms with van der Waals surface area (Å²) in [5, 5.41) is 11.9. The second kappa shape index (κ2) is 6.76. The predicted octanol–water partition coefficient (Wildman–Crippen LogP) is 2.43. The standard InChI is InChI=1S/C14H25NO3/c1-9(10(2)14(17)18)13(16)15-11(3)12-7-5-4-6-8-12/h9-12H,4-8H2,1-3H3,(H,15,16)(H,17,18)/t9?,10?,11-/m0/s1. The van der Waals surface area contributed by atoms with E-state index in [4.69, 9.17) is 5.11 Å². The zero-order valence-electron chi connectivity index (χ0n) is 11.6. The fourth-order valence-corrected chi connectivity index (χ4v) is 2.55. The van der Waals surface area contributed by atoms with Gasteiger partial charge in [-0.2, -0.15) is 0 Å². The van der Waals surface area contributed by atoms with Crippen LogP contribution in [0.25, 0.3) is 0 Å². The molecule has 0 saturated heterocycles. The molecule has 0 aromatic carbocycles. The van der Waals surface area contributed by atoms with Crippen molar-refractivity contribution in [3.05, 3.63) is 0 Å². The zero-order valence-corrected chi connectivity index (χ0v) is 11.6. The van der Waals surface area contributed by atoms with E-state index >= 15 is 0 Å². The summed E-state index contributed by atoms with van der Waals surface area (Å²) < 4.78 is 0. The second-order valence-corrected chi connectivity index (χ2v) is 5.61. The molecule has 0 spiro atoms. The first-order valence-electron chi connectivity index (χ1n) is 6.96. The van der Waals surface area contributed by atoms with E-state index in [0.717, 1.165) is 0 Å². The van der Waals surface area contributed by atoms with Gasteiger partial charge in [-0.15, -0.1) is 0 Å². The highest BCUT2D eigenvalue weighted by Crippen LogP contribution is 2.26. The Labute approximate surface area is 109 Å². The molecule has 1 amide bonds. The van der Waals surface area contributed by atoms with Gasteiger partial charge in [0.05, 0.1) is 5.92 Å². The summed E-state index contributed by atoms with van der Waals surface area (Å²) in [6.07, 6.45) is 6.12. The number of carboxylic acid groups (broad SMARTS) is 1. The van der Waals surface area contributed by atoms with Crippen molar-refractivity contribution >= 4 is 11.9 Å². The fraction of sp³-hybridized carbons (Fsp3) is 0.857. The van der Waals surface area contributed by atoms with Gasteiger partial charge in [0.2, 0.25) is 5.91 Å². The molecule has 3 atom stereocenters. The minimum Gasteiger partial charge on any atom is -0.481 e. The maximum absolute atomic E-state index is 12.0. The Hall–Kier alpha value is -1.06. The van der Waals surface area contributed by atoms with Crippen LogP contribution in [-0.2, 0) is 9.59 Å².